The molecule has 0 radical (unpaired) electrons. The Morgan fingerprint density at radius 2 is 1.83 bits per heavy atom. The van der Waals surface area contributed by atoms with Crippen molar-refractivity contribution in [2.75, 3.05) is 29.9 Å². The third-order valence-corrected chi connectivity index (χ3v) is 5.35. The number of urea groups is 1. The number of aryl methyl sites for hydroxylation is 1. The summed E-state index contributed by atoms with van der Waals surface area (Å²) in [6.45, 7) is 9.23. The second kappa shape index (κ2) is 10.9. The normalized spacial score (nSPS) is 15.5. The molecule has 7 heteroatoms. The molecule has 1 aliphatic heterocycles. The van der Waals surface area contributed by atoms with Crippen LogP contribution >= 0.6 is 0 Å². The Bertz CT molecular complexity index is 856. The third kappa shape index (κ3) is 5.89. The lowest BCUT2D eigenvalue weighted by Gasteiger charge is -2.22. The van der Waals surface area contributed by atoms with E-state index in [1.807, 2.05) is 49.4 Å². The van der Waals surface area contributed by atoms with E-state index in [1.54, 1.807) is 4.90 Å². The molecule has 0 aromatic heterocycles. The first-order valence-electron chi connectivity index (χ1n) is 10.2. The number of benzene rings is 2. The summed E-state index contributed by atoms with van der Waals surface area (Å²) < 4.78 is 0. The molecule has 30 heavy (non-hydrogen) atoms. The van der Waals surface area contributed by atoms with Gasteiger partial charge in [0.05, 0.1) is 6.04 Å². The van der Waals surface area contributed by atoms with Gasteiger partial charge < -0.3 is 32.8 Å². The monoisotopic (exact) mass is 429 g/mol. The topological polar surface area (TPSA) is 64.7 Å². The van der Waals surface area contributed by atoms with Crippen LogP contribution < -0.4 is 27.9 Å². The van der Waals surface area contributed by atoms with Crippen LogP contribution in [0.25, 0.3) is 0 Å². The lowest BCUT2D eigenvalue weighted by atomic mass is 10.1. The van der Waals surface area contributed by atoms with Crippen molar-refractivity contribution < 1.29 is 22.0 Å². The summed E-state index contributed by atoms with van der Waals surface area (Å²) in [6.07, 6.45) is 0.333. The average molecular weight is 430 g/mol. The number of carbonyl (C=O) groups excluding carboxylic acids is 2. The Balaban J connectivity index is 0.00000320. The molecule has 3 amide bonds. The van der Waals surface area contributed by atoms with Gasteiger partial charge in [-0.1, -0.05) is 30.3 Å². The van der Waals surface area contributed by atoms with Gasteiger partial charge in [0.2, 0.25) is 5.91 Å². The Kier molecular flexibility index (Phi) is 8.54. The molecule has 2 N–H and O–H groups in total. The van der Waals surface area contributed by atoms with Crippen LogP contribution in [0.15, 0.2) is 48.5 Å². The van der Waals surface area contributed by atoms with E-state index in [2.05, 4.69) is 35.4 Å². The second-order valence-corrected chi connectivity index (χ2v) is 7.43. The first kappa shape index (κ1) is 23.5. The number of rotatable bonds is 7. The van der Waals surface area contributed by atoms with Crippen LogP contribution in [0.1, 0.15) is 31.4 Å². The standard InChI is InChI=1S/C23H30N4O2.ClH/c1-4-26(5-2)20-11-12-21(17(3)13-20)25-23(29)24-19-14-22(28)27(16-19)15-18-9-7-6-8-10-18;/h6-13,19H,4-5,14-16H2,1-3H3,(H2,24,25,29);1H/p-1. The van der Waals surface area contributed by atoms with Crippen molar-refractivity contribution in [1.82, 2.24) is 10.2 Å². The zero-order valence-corrected chi connectivity index (χ0v) is 18.6. The smallest absolute Gasteiger partial charge is 0.319 e. The highest BCUT2D eigenvalue weighted by molar-refractivity contribution is 5.91. The summed E-state index contributed by atoms with van der Waals surface area (Å²) in [6, 6.07) is 15.5. The van der Waals surface area contributed by atoms with Crippen LogP contribution in [0.5, 0.6) is 0 Å². The van der Waals surface area contributed by atoms with Gasteiger partial charge in [0.25, 0.3) is 0 Å². The van der Waals surface area contributed by atoms with E-state index in [4.69, 9.17) is 0 Å². The zero-order chi connectivity index (χ0) is 20.8. The van der Waals surface area contributed by atoms with E-state index in [1.165, 1.54) is 0 Å². The highest BCUT2D eigenvalue weighted by Gasteiger charge is 2.30. The van der Waals surface area contributed by atoms with E-state index < -0.39 is 0 Å². The molecule has 1 saturated heterocycles. The molecule has 1 unspecified atom stereocenters. The molecule has 1 fully saturated rings. The minimum absolute atomic E-state index is 0. The zero-order valence-electron chi connectivity index (χ0n) is 17.8. The molecular formula is C23H30ClN4O2-. The van der Waals surface area contributed by atoms with Gasteiger partial charge in [0.15, 0.2) is 0 Å². The second-order valence-electron chi connectivity index (χ2n) is 7.43. The van der Waals surface area contributed by atoms with Crippen molar-refractivity contribution in [3.05, 3.63) is 59.7 Å². The predicted molar refractivity (Wildman–Crippen MR) is 117 cm³/mol. The van der Waals surface area contributed by atoms with Crippen molar-refractivity contribution in [1.29, 1.82) is 0 Å². The van der Waals surface area contributed by atoms with E-state index in [-0.39, 0.29) is 30.4 Å². The number of nitrogens with zero attached hydrogens (tertiary/aromatic N) is 2. The molecule has 2 aromatic carbocycles. The number of carbonyl (C=O) groups is 2. The molecule has 1 atom stereocenters. The molecule has 0 saturated carbocycles. The number of amides is 3. The summed E-state index contributed by atoms with van der Waals surface area (Å²) in [5, 5.41) is 5.86. The summed E-state index contributed by atoms with van der Waals surface area (Å²) in [5.41, 5.74) is 4.04. The van der Waals surface area contributed by atoms with E-state index in [9.17, 15) is 9.59 Å². The summed E-state index contributed by atoms with van der Waals surface area (Å²) in [7, 11) is 0. The number of hydrogen-bond acceptors (Lipinski definition) is 3. The molecule has 1 heterocycles. The van der Waals surface area contributed by atoms with Gasteiger partial charge in [-0.05, 0) is 50.1 Å². The molecular weight excluding hydrogens is 400 g/mol. The van der Waals surface area contributed by atoms with Gasteiger partial charge in [-0.25, -0.2) is 4.79 Å². The van der Waals surface area contributed by atoms with Crippen LogP contribution in [0.3, 0.4) is 0 Å². The van der Waals surface area contributed by atoms with E-state index in [0.29, 0.717) is 19.5 Å². The fourth-order valence-electron chi connectivity index (χ4n) is 3.74. The van der Waals surface area contributed by atoms with Gasteiger partial charge in [0, 0.05) is 44.0 Å². The summed E-state index contributed by atoms with van der Waals surface area (Å²) >= 11 is 0. The molecule has 6 nitrogen and oxygen atoms in total. The van der Waals surface area contributed by atoms with Crippen molar-refractivity contribution in [3.63, 3.8) is 0 Å². The molecule has 0 aliphatic carbocycles. The van der Waals surface area contributed by atoms with Crippen LogP contribution in [0, 0.1) is 6.92 Å². The number of halogens is 1. The first-order chi connectivity index (χ1) is 14.0. The molecule has 0 bridgehead atoms. The third-order valence-electron chi connectivity index (χ3n) is 5.35. The van der Waals surface area contributed by atoms with Gasteiger partial charge in [-0.15, -0.1) is 0 Å². The number of nitrogens with one attached hydrogen (secondary N) is 2. The number of anilines is 2. The molecule has 0 spiro atoms. The van der Waals surface area contributed by atoms with Crippen molar-refractivity contribution in [2.24, 2.45) is 0 Å². The highest BCUT2D eigenvalue weighted by atomic mass is 35.5. The summed E-state index contributed by atoms with van der Waals surface area (Å²) in [4.78, 5) is 28.8. The largest absolute Gasteiger partial charge is 1.00 e. The van der Waals surface area contributed by atoms with Gasteiger partial charge in [-0.3, -0.25) is 4.79 Å². The van der Waals surface area contributed by atoms with E-state index in [0.717, 1.165) is 35.6 Å². The molecule has 3 rings (SSSR count). The fourth-order valence-corrected chi connectivity index (χ4v) is 3.74. The Morgan fingerprint density at radius 3 is 2.47 bits per heavy atom. The minimum Gasteiger partial charge on any atom is -1.00 e. The summed E-state index contributed by atoms with van der Waals surface area (Å²) in [5.74, 6) is 0.0684. The highest BCUT2D eigenvalue weighted by Crippen LogP contribution is 2.23. The lowest BCUT2D eigenvalue weighted by molar-refractivity contribution is -0.128. The van der Waals surface area contributed by atoms with Crippen LogP contribution in [0.4, 0.5) is 16.2 Å². The Morgan fingerprint density at radius 1 is 1.13 bits per heavy atom. The Hall–Kier alpha value is -2.73. The van der Waals surface area contributed by atoms with Crippen LogP contribution in [0.2, 0.25) is 0 Å². The first-order valence-corrected chi connectivity index (χ1v) is 10.2. The molecule has 1 aliphatic rings. The van der Waals surface area contributed by atoms with Crippen LogP contribution in [-0.2, 0) is 11.3 Å². The quantitative estimate of drug-likeness (QED) is 0.683. The van der Waals surface area contributed by atoms with Crippen molar-refractivity contribution in [2.45, 2.75) is 39.8 Å². The van der Waals surface area contributed by atoms with Gasteiger partial charge in [-0.2, -0.15) is 0 Å². The van der Waals surface area contributed by atoms with Crippen LogP contribution in [-0.4, -0.2) is 42.5 Å². The maximum atomic E-state index is 12.5. The average Bonchev–Trinajstić information content (AvgIpc) is 3.04. The lowest BCUT2D eigenvalue weighted by Crippen LogP contribution is -3.00. The fraction of sp³-hybridized carbons (Fsp3) is 0.391. The Labute approximate surface area is 185 Å². The number of likely N-dealkylation sites (tertiary alicyclic amines) is 1. The maximum absolute atomic E-state index is 12.5. The molecule has 2 aromatic rings. The van der Waals surface area contributed by atoms with Crippen molar-refractivity contribution >= 4 is 23.3 Å². The van der Waals surface area contributed by atoms with E-state index >= 15 is 0 Å². The van der Waals surface area contributed by atoms with Gasteiger partial charge >= 0.3 is 6.03 Å². The SMILES string of the molecule is CCN(CC)c1ccc(NC(=O)NC2CC(=O)N(Cc3ccccc3)C2)c(C)c1.[Cl-]. The number of hydrogen-bond donors (Lipinski definition) is 2. The van der Waals surface area contributed by atoms with Crippen molar-refractivity contribution in [3.8, 4) is 0 Å². The minimum atomic E-state index is -0.275. The predicted octanol–water partition coefficient (Wildman–Crippen LogP) is 0.768. The maximum Gasteiger partial charge on any atom is 0.319 e. The molecule has 162 valence electrons. The van der Waals surface area contributed by atoms with Gasteiger partial charge in [0.1, 0.15) is 0 Å².